The van der Waals surface area contributed by atoms with Gasteiger partial charge in [-0.15, -0.1) is 0 Å². The van der Waals surface area contributed by atoms with E-state index >= 15 is 0 Å². The molecule has 0 bridgehead atoms. The van der Waals surface area contributed by atoms with E-state index in [2.05, 4.69) is 22.8 Å². The van der Waals surface area contributed by atoms with E-state index in [1.54, 1.807) is 24.3 Å². The number of nitrogens with one attached hydrogen (secondary N) is 2. The molecule has 0 radical (unpaired) electrons. The molecule has 29 heavy (non-hydrogen) atoms. The SMILES string of the molecule is Cc1ccccc1CNC(=O)c1cccc(C(=O)NCCCc2ccccc2)c1. The highest BCUT2D eigenvalue weighted by Crippen LogP contribution is 2.09. The topological polar surface area (TPSA) is 58.2 Å². The Labute approximate surface area is 172 Å². The standard InChI is InChI=1S/C25H26N2O2/c1-19-9-5-6-13-23(19)18-27-25(29)22-15-7-14-21(17-22)24(28)26-16-8-12-20-10-3-2-4-11-20/h2-7,9-11,13-15,17H,8,12,16,18H2,1H3,(H,26,28)(H,27,29). The van der Waals surface area contributed by atoms with Gasteiger partial charge in [-0.25, -0.2) is 0 Å². The molecule has 0 aromatic heterocycles. The summed E-state index contributed by atoms with van der Waals surface area (Å²) in [5.74, 6) is -0.349. The lowest BCUT2D eigenvalue weighted by atomic mass is 10.1. The summed E-state index contributed by atoms with van der Waals surface area (Å²) in [4.78, 5) is 24.9. The summed E-state index contributed by atoms with van der Waals surface area (Å²) in [5.41, 5.74) is 4.45. The summed E-state index contributed by atoms with van der Waals surface area (Å²) < 4.78 is 0. The molecule has 0 saturated carbocycles. The van der Waals surface area contributed by atoms with Crippen LogP contribution in [0.5, 0.6) is 0 Å². The van der Waals surface area contributed by atoms with Crippen LogP contribution in [0.1, 0.15) is 43.8 Å². The fourth-order valence-electron chi connectivity index (χ4n) is 3.13. The van der Waals surface area contributed by atoms with Gasteiger partial charge in [0, 0.05) is 24.2 Å². The molecule has 0 unspecified atom stereocenters. The van der Waals surface area contributed by atoms with Crippen LogP contribution in [0.25, 0.3) is 0 Å². The van der Waals surface area contributed by atoms with Gasteiger partial charge in [0.25, 0.3) is 11.8 Å². The number of carbonyl (C=O) groups is 2. The largest absolute Gasteiger partial charge is 0.352 e. The number of benzene rings is 3. The molecule has 0 spiro atoms. The predicted octanol–water partition coefficient (Wildman–Crippen LogP) is 4.29. The van der Waals surface area contributed by atoms with Crippen LogP contribution in [0, 0.1) is 6.92 Å². The Morgan fingerprint density at radius 2 is 1.41 bits per heavy atom. The normalized spacial score (nSPS) is 10.4. The van der Waals surface area contributed by atoms with Gasteiger partial charge < -0.3 is 10.6 Å². The molecule has 2 amide bonds. The van der Waals surface area contributed by atoms with Gasteiger partial charge in [-0.3, -0.25) is 9.59 Å². The summed E-state index contributed by atoms with van der Waals surface area (Å²) >= 11 is 0. The molecule has 3 aromatic carbocycles. The third-order valence-corrected chi connectivity index (χ3v) is 4.86. The molecule has 0 fully saturated rings. The number of aryl methyl sites for hydroxylation is 2. The van der Waals surface area contributed by atoms with Crippen LogP contribution >= 0.6 is 0 Å². The molecule has 0 atom stereocenters. The minimum Gasteiger partial charge on any atom is -0.352 e. The van der Waals surface area contributed by atoms with Crippen molar-refractivity contribution in [2.24, 2.45) is 0 Å². The Balaban J connectivity index is 1.50. The maximum absolute atomic E-state index is 12.5. The highest BCUT2D eigenvalue weighted by Gasteiger charge is 2.10. The van der Waals surface area contributed by atoms with Gasteiger partial charge in [-0.1, -0.05) is 60.7 Å². The maximum atomic E-state index is 12.5. The third kappa shape index (κ3) is 6.04. The van der Waals surface area contributed by atoms with Gasteiger partial charge in [0.1, 0.15) is 0 Å². The minimum absolute atomic E-state index is 0.161. The Kier molecular flexibility index (Phi) is 7.17. The molecule has 3 aromatic rings. The molecule has 4 heteroatoms. The molecule has 3 rings (SSSR count). The zero-order valence-electron chi connectivity index (χ0n) is 16.7. The van der Waals surface area contributed by atoms with Crippen LogP contribution in [-0.2, 0) is 13.0 Å². The first kappa shape index (κ1) is 20.3. The molecule has 2 N–H and O–H groups in total. The second-order valence-corrected chi connectivity index (χ2v) is 7.04. The van der Waals surface area contributed by atoms with Gasteiger partial charge in [0.2, 0.25) is 0 Å². The van der Waals surface area contributed by atoms with Crippen molar-refractivity contribution < 1.29 is 9.59 Å². The quantitative estimate of drug-likeness (QED) is 0.568. The van der Waals surface area contributed by atoms with Gasteiger partial charge >= 0.3 is 0 Å². The van der Waals surface area contributed by atoms with E-state index in [1.807, 2.05) is 49.4 Å². The van der Waals surface area contributed by atoms with Crippen molar-refractivity contribution >= 4 is 11.8 Å². The van der Waals surface area contributed by atoms with E-state index in [1.165, 1.54) is 5.56 Å². The van der Waals surface area contributed by atoms with Crippen LogP contribution in [0.2, 0.25) is 0 Å². The molecule has 148 valence electrons. The van der Waals surface area contributed by atoms with Crippen molar-refractivity contribution in [2.75, 3.05) is 6.54 Å². The predicted molar refractivity (Wildman–Crippen MR) is 116 cm³/mol. The summed E-state index contributed by atoms with van der Waals surface area (Å²) in [6, 6.07) is 25.0. The highest BCUT2D eigenvalue weighted by molar-refractivity contribution is 5.99. The lowest BCUT2D eigenvalue weighted by Crippen LogP contribution is -2.26. The van der Waals surface area contributed by atoms with E-state index < -0.39 is 0 Å². The zero-order chi connectivity index (χ0) is 20.5. The van der Waals surface area contributed by atoms with Crippen LogP contribution in [0.4, 0.5) is 0 Å². The first-order valence-corrected chi connectivity index (χ1v) is 9.88. The van der Waals surface area contributed by atoms with Crippen molar-refractivity contribution in [2.45, 2.75) is 26.3 Å². The van der Waals surface area contributed by atoms with E-state index in [-0.39, 0.29) is 11.8 Å². The average molecular weight is 386 g/mol. The van der Waals surface area contributed by atoms with Crippen molar-refractivity contribution in [1.82, 2.24) is 10.6 Å². The minimum atomic E-state index is -0.188. The highest BCUT2D eigenvalue weighted by atomic mass is 16.2. The Hall–Kier alpha value is -3.40. The van der Waals surface area contributed by atoms with E-state index in [4.69, 9.17) is 0 Å². The first-order valence-electron chi connectivity index (χ1n) is 9.88. The summed E-state index contributed by atoms with van der Waals surface area (Å²) in [6.07, 6.45) is 1.79. The molecule has 0 aliphatic rings. The average Bonchev–Trinajstić information content (AvgIpc) is 2.76. The van der Waals surface area contributed by atoms with Crippen molar-refractivity contribution in [1.29, 1.82) is 0 Å². The number of amides is 2. The number of hydrogen-bond acceptors (Lipinski definition) is 2. The molecule has 4 nitrogen and oxygen atoms in total. The van der Waals surface area contributed by atoms with E-state index in [0.29, 0.717) is 24.2 Å². The number of hydrogen-bond donors (Lipinski definition) is 2. The summed E-state index contributed by atoms with van der Waals surface area (Å²) in [6.45, 7) is 3.07. The molecule has 0 saturated heterocycles. The van der Waals surface area contributed by atoms with Crippen LogP contribution in [0.3, 0.4) is 0 Å². The number of carbonyl (C=O) groups excluding carboxylic acids is 2. The Morgan fingerprint density at radius 1 is 0.759 bits per heavy atom. The number of rotatable bonds is 8. The molecular weight excluding hydrogens is 360 g/mol. The summed E-state index contributed by atoms with van der Waals surface area (Å²) in [7, 11) is 0. The second kappa shape index (κ2) is 10.2. The fourth-order valence-corrected chi connectivity index (χ4v) is 3.13. The third-order valence-electron chi connectivity index (χ3n) is 4.86. The fraction of sp³-hybridized carbons (Fsp3) is 0.200. The monoisotopic (exact) mass is 386 g/mol. The lowest BCUT2D eigenvalue weighted by Gasteiger charge is -2.09. The van der Waals surface area contributed by atoms with Crippen LogP contribution in [0.15, 0.2) is 78.9 Å². The van der Waals surface area contributed by atoms with Crippen molar-refractivity contribution in [3.63, 3.8) is 0 Å². The Morgan fingerprint density at radius 3 is 2.14 bits per heavy atom. The van der Waals surface area contributed by atoms with Gasteiger partial charge in [-0.2, -0.15) is 0 Å². The zero-order valence-corrected chi connectivity index (χ0v) is 16.7. The Bertz CT molecular complexity index is 967. The molecular formula is C25H26N2O2. The van der Waals surface area contributed by atoms with E-state index in [9.17, 15) is 9.59 Å². The van der Waals surface area contributed by atoms with Crippen LogP contribution in [-0.4, -0.2) is 18.4 Å². The van der Waals surface area contributed by atoms with Gasteiger partial charge in [0.05, 0.1) is 0 Å². The van der Waals surface area contributed by atoms with E-state index in [0.717, 1.165) is 24.0 Å². The van der Waals surface area contributed by atoms with Crippen molar-refractivity contribution in [3.05, 3.63) is 107 Å². The first-order chi connectivity index (χ1) is 14.1. The van der Waals surface area contributed by atoms with Gasteiger partial charge in [0.15, 0.2) is 0 Å². The molecule has 0 aliphatic carbocycles. The summed E-state index contributed by atoms with van der Waals surface area (Å²) in [5, 5.41) is 5.85. The molecule has 0 aliphatic heterocycles. The van der Waals surface area contributed by atoms with Crippen molar-refractivity contribution in [3.8, 4) is 0 Å². The molecule has 0 heterocycles. The maximum Gasteiger partial charge on any atom is 0.251 e. The second-order valence-electron chi connectivity index (χ2n) is 7.04. The lowest BCUT2D eigenvalue weighted by molar-refractivity contribution is 0.0950. The van der Waals surface area contributed by atoms with Gasteiger partial charge in [-0.05, 0) is 54.7 Å². The van der Waals surface area contributed by atoms with Crippen LogP contribution < -0.4 is 10.6 Å². The smallest absolute Gasteiger partial charge is 0.251 e.